The monoisotopic (exact) mass is 215 g/mol. The van der Waals surface area contributed by atoms with Crippen LogP contribution in [0.25, 0.3) is 11.1 Å². The molecule has 2 aromatic carbocycles. The first-order chi connectivity index (χ1) is 7.72. The van der Waals surface area contributed by atoms with E-state index in [0.717, 1.165) is 16.7 Å². The van der Waals surface area contributed by atoms with Crippen molar-refractivity contribution in [2.24, 2.45) is 0 Å². The van der Waals surface area contributed by atoms with Crippen LogP contribution >= 0.6 is 0 Å². The van der Waals surface area contributed by atoms with Gasteiger partial charge < -0.3 is 4.74 Å². The van der Waals surface area contributed by atoms with E-state index in [1.807, 2.05) is 19.1 Å². The molecule has 1 radical (unpaired) electrons. The molecule has 2 rings (SSSR count). The Kier molecular flexibility index (Phi) is 2.91. The maximum Gasteiger partial charge on any atom is 0.134 e. The van der Waals surface area contributed by atoms with Crippen LogP contribution in [0, 0.1) is 18.8 Å². The van der Waals surface area contributed by atoms with Crippen LogP contribution in [0.2, 0.25) is 0 Å². The lowest BCUT2D eigenvalue weighted by Crippen LogP contribution is -1.90. The predicted octanol–water partition coefficient (Wildman–Crippen LogP) is 3.61. The highest BCUT2D eigenvalue weighted by atomic mass is 19.1. The number of benzene rings is 2. The molecular formula is C14H12FO. The second kappa shape index (κ2) is 4.35. The minimum Gasteiger partial charge on any atom is -0.495 e. The first-order valence-electron chi connectivity index (χ1n) is 5.03. The fourth-order valence-electron chi connectivity index (χ4n) is 1.69. The van der Waals surface area contributed by atoms with Gasteiger partial charge in [0.1, 0.15) is 11.6 Å². The molecule has 0 saturated heterocycles. The summed E-state index contributed by atoms with van der Waals surface area (Å²) in [5.74, 6) is 0.391. The Labute approximate surface area is 94.5 Å². The van der Waals surface area contributed by atoms with E-state index >= 15 is 0 Å². The molecule has 0 saturated carbocycles. The van der Waals surface area contributed by atoms with Gasteiger partial charge in [0.15, 0.2) is 0 Å². The molecule has 16 heavy (non-hydrogen) atoms. The van der Waals surface area contributed by atoms with Crippen LogP contribution in [0.15, 0.2) is 36.4 Å². The first kappa shape index (κ1) is 10.7. The summed E-state index contributed by atoms with van der Waals surface area (Å²) >= 11 is 0. The number of hydrogen-bond acceptors (Lipinski definition) is 1. The van der Waals surface area contributed by atoms with E-state index in [9.17, 15) is 4.39 Å². The normalized spacial score (nSPS) is 10.2. The van der Waals surface area contributed by atoms with Crippen LogP contribution in [0.3, 0.4) is 0 Å². The number of para-hydroxylation sites is 1. The van der Waals surface area contributed by atoms with Crippen molar-refractivity contribution in [2.75, 3.05) is 7.11 Å². The highest BCUT2D eigenvalue weighted by Crippen LogP contribution is 2.31. The van der Waals surface area contributed by atoms with Crippen molar-refractivity contribution in [3.63, 3.8) is 0 Å². The maximum atomic E-state index is 13.2. The molecule has 0 amide bonds. The molecule has 0 heterocycles. The highest BCUT2D eigenvalue weighted by Gasteiger charge is 2.08. The van der Waals surface area contributed by atoms with E-state index in [0.29, 0.717) is 5.75 Å². The maximum absolute atomic E-state index is 13.2. The third-order valence-electron chi connectivity index (χ3n) is 2.51. The average Bonchev–Trinajstić information content (AvgIpc) is 2.32. The first-order valence-corrected chi connectivity index (χ1v) is 5.03. The summed E-state index contributed by atoms with van der Waals surface area (Å²) in [6.45, 7) is 1.95. The van der Waals surface area contributed by atoms with Gasteiger partial charge in [0.2, 0.25) is 0 Å². The number of aryl methyl sites for hydroxylation is 1. The van der Waals surface area contributed by atoms with Crippen molar-refractivity contribution in [1.82, 2.24) is 0 Å². The molecular weight excluding hydrogens is 203 g/mol. The van der Waals surface area contributed by atoms with Gasteiger partial charge in [0.05, 0.1) is 7.11 Å². The number of hydrogen-bond donors (Lipinski definition) is 0. The molecule has 0 atom stereocenters. The zero-order valence-corrected chi connectivity index (χ0v) is 9.25. The Balaban J connectivity index is 2.62. The van der Waals surface area contributed by atoms with Crippen LogP contribution in [0.1, 0.15) is 5.56 Å². The number of rotatable bonds is 2. The SMILES string of the molecule is COc1[c]cccc1-c1cc(F)ccc1C. The third-order valence-corrected chi connectivity index (χ3v) is 2.51. The van der Waals surface area contributed by atoms with Crippen molar-refractivity contribution < 1.29 is 9.13 Å². The van der Waals surface area contributed by atoms with Crippen LogP contribution in [-0.4, -0.2) is 7.11 Å². The molecule has 0 aliphatic rings. The quantitative estimate of drug-likeness (QED) is 0.743. The van der Waals surface area contributed by atoms with E-state index in [1.165, 1.54) is 12.1 Å². The molecule has 2 aromatic rings. The standard InChI is InChI=1S/C14H12FO/c1-10-7-8-11(15)9-13(10)12-5-3-4-6-14(12)16-2/h3-5,7-9H,1-2H3. The van der Waals surface area contributed by atoms with E-state index < -0.39 is 0 Å². The van der Waals surface area contributed by atoms with E-state index in [-0.39, 0.29) is 5.82 Å². The molecule has 0 N–H and O–H groups in total. The van der Waals surface area contributed by atoms with Crippen LogP contribution < -0.4 is 4.74 Å². The van der Waals surface area contributed by atoms with Crippen molar-refractivity contribution in [3.05, 3.63) is 53.8 Å². The molecule has 1 nitrogen and oxygen atoms in total. The molecule has 0 aliphatic carbocycles. The predicted molar refractivity (Wildman–Crippen MR) is 62.0 cm³/mol. The Bertz CT molecular complexity index is 506. The number of halogens is 1. The molecule has 2 heteroatoms. The fraction of sp³-hybridized carbons (Fsp3) is 0.143. The van der Waals surface area contributed by atoms with Gasteiger partial charge in [-0.15, -0.1) is 0 Å². The van der Waals surface area contributed by atoms with Crippen molar-refractivity contribution in [3.8, 4) is 16.9 Å². The fourth-order valence-corrected chi connectivity index (χ4v) is 1.69. The van der Waals surface area contributed by atoms with Gasteiger partial charge in [0.25, 0.3) is 0 Å². The summed E-state index contributed by atoms with van der Waals surface area (Å²) < 4.78 is 18.4. The van der Waals surface area contributed by atoms with E-state index in [2.05, 4.69) is 6.07 Å². The molecule has 0 aliphatic heterocycles. The van der Waals surface area contributed by atoms with E-state index in [4.69, 9.17) is 4.74 Å². The Morgan fingerprint density at radius 1 is 1.19 bits per heavy atom. The van der Waals surface area contributed by atoms with Crippen molar-refractivity contribution in [2.45, 2.75) is 6.92 Å². The van der Waals surface area contributed by atoms with Gasteiger partial charge in [0, 0.05) is 11.6 Å². The lowest BCUT2D eigenvalue weighted by Gasteiger charge is -2.10. The lowest BCUT2D eigenvalue weighted by molar-refractivity contribution is 0.415. The minimum atomic E-state index is -0.244. The van der Waals surface area contributed by atoms with Gasteiger partial charge in [-0.25, -0.2) is 4.39 Å². The highest BCUT2D eigenvalue weighted by molar-refractivity contribution is 5.72. The zero-order chi connectivity index (χ0) is 11.5. The van der Waals surface area contributed by atoms with Gasteiger partial charge >= 0.3 is 0 Å². The van der Waals surface area contributed by atoms with Crippen LogP contribution in [-0.2, 0) is 0 Å². The van der Waals surface area contributed by atoms with Gasteiger partial charge in [-0.05, 0) is 30.2 Å². The summed E-state index contributed by atoms with van der Waals surface area (Å²) in [6, 6.07) is 13.3. The second-order valence-corrected chi connectivity index (χ2v) is 3.58. The summed E-state index contributed by atoms with van der Waals surface area (Å²) in [6.07, 6.45) is 0. The summed E-state index contributed by atoms with van der Waals surface area (Å²) in [5, 5.41) is 0. The van der Waals surface area contributed by atoms with E-state index in [1.54, 1.807) is 19.2 Å². The molecule has 0 bridgehead atoms. The Morgan fingerprint density at radius 2 is 2.00 bits per heavy atom. The molecule has 0 spiro atoms. The Morgan fingerprint density at radius 3 is 2.75 bits per heavy atom. The lowest BCUT2D eigenvalue weighted by atomic mass is 10.00. The number of methoxy groups -OCH3 is 1. The molecule has 0 aromatic heterocycles. The topological polar surface area (TPSA) is 9.23 Å². The van der Waals surface area contributed by atoms with Gasteiger partial charge in [-0.3, -0.25) is 0 Å². The Hall–Kier alpha value is -1.83. The molecule has 0 unspecified atom stereocenters. The largest absolute Gasteiger partial charge is 0.495 e. The smallest absolute Gasteiger partial charge is 0.134 e. The summed E-state index contributed by atoms with van der Waals surface area (Å²) in [5.41, 5.74) is 2.72. The molecule has 0 fully saturated rings. The second-order valence-electron chi connectivity index (χ2n) is 3.58. The minimum absolute atomic E-state index is 0.244. The van der Waals surface area contributed by atoms with Gasteiger partial charge in [-0.2, -0.15) is 0 Å². The van der Waals surface area contributed by atoms with Crippen LogP contribution in [0.4, 0.5) is 4.39 Å². The summed E-state index contributed by atoms with van der Waals surface area (Å²) in [7, 11) is 1.59. The van der Waals surface area contributed by atoms with Crippen LogP contribution in [0.5, 0.6) is 5.75 Å². The van der Waals surface area contributed by atoms with Crippen molar-refractivity contribution >= 4 is 0 Å². The average molecular weight is 215 g/mol. The van der Waals surface area contributed by atoms with Crippen molar-refractivity contribution in [1.29, 1.82) is 0 Å². The molecule has 81 valence electrons. The summed E-state index contributed by atoms with van der Waals surface area (Å²) in [4.78, 5) is 0. The zero-order valence-electron chi connectivity index (χ0n) is 9.25. The third kappa shape index (κ3) is 1.91. The van der Waals surface area contributed by atoms with Gasteiger partial charge in [-0.1, -0.05) is 24.3 Å². The number of ether oxygens (including phenoxy) is 1.